The summed E-state index contributed by atoms with van der Waals surface area (Å²) in [5.41, 5.74) is 0. The summed E-state index contributed by atoms with van der Waals surface area (Å²) in [7, 11) is 0. The van der Waals surface area contributed by atoms with Crippen LogP contribution in [0.5, 0.6) is 0 Å². The summed E-state index contributed by atoms with van der Waals surface area (Å²) in [6.07, 6.45) is 2.64. The molecular weight excluding hydrogens is 234 g/mol. The zero-order valence-electron chi connectivity index (χ0n) is 11.2. The summed E-state index contributed by atoms with van der Waals surface area (Å²) in [6, 6.07) is 0.716. The summed E-state index contributed by atoms with van der Waals surface area (Å²) in [4.78, 5) is 0. The van der Waals surface area contributed by atoms with E-state index in [9.17, 15) is 0 Å². The molecule has 0 aliphatic carbocycles. The second kappa shape index (κ2) is 7.88. The second-order valence-electron chi connectivity index (χ2n) is 4.95. The van der Waals surface area contributed by atoms with Crippen molar-refractivity contribution in [3.8, 4) is 0 Å². The molecule has 0 aromatic rings. The largest absolute Gasteiger partial charge is 0.313 e. The van der Waals surface area contributed by atoms with E-state index in [1.807, 2.05) is 0 Å². The number of nitrogens with one attached hydrogen (secondary N) is 1. The molecule has 1 saturated heterocycles. The Morgan fingerprint density at radius 1 is 1.19 bits per heavy atom. The minimum absolute atomic E-state index is 0.716. The van der Waals surface area contributed by atoms with E-state index in [1.165, 1.54) is 24.3 Å². The van der Waals surface area contributed by atoms with Crippen molar-refractivity contribution >= 4 is 23.5 Å². The maximum atomic E-state index is 3.71. The lowest BCUT2D eigenvalue weighted by Gasteiger charge is -2.37. The predicted molar refractivity (Wildman–Crippen MR) is 79.7 cm³/mol. The molecule has 0 amide bonds. The molecule has 0 radical (unpaired) electrons. The van der Waals surface area contributed by atoms with Crippen LogP contribution in [0.2, 0.25) is 0 Å². The first kappa shape index (κ1) is 14.7. The Hall–Kier alpha value is 0.660. The lowest BCUT2D eigenvalue weighted by Crippen LogP contribution is -2.45. The van der Waals surface area contributed by atoms with Crippen LogP contribution in [-0.4, -0.2) is 34.6 Å². The minimum atomic E-state index is 0.716. The number of hydrogen-bond acceptors (Lipinski definition) is 3. The van der Waals surface area contributed by atoms with Crippen molar-refractivity contribution in [3.63, 3.8) is 0 Å². The molecule has 0 spiro atoms. The van der Waals surface area contributed by atoms with Crippen molar-refractivity contribution < 1.29 is 0 Å². The molecule has 16 heavy (non-hydrogen) atoms. The maximum Gasteiger partial charge on any atom is 0.0320 e. The molecule has 3 heteroatoms. The fourth-order valence-corrected chi connectivity index (χ4v) is 5.69. The fourth-order valence-electron chi connectivity index (χ4n) is 2.41. The van der Waals surface area contributed by atoms with Gasteiger partial charge in [0.25, 0.3) is 0 Å². The molecule has 96 valence electrons. The Morgan fingerprint density at radius 2 is 1.88 bits per heavy atom. The molecule has 1 N–H and O–H groups in total. The van der Waals surface area contributed by atoms with Gasteiger partial charge in [-0.3, -0.25) is 0 Å². The van der Waals surface area contributed by atoms with Gasteiger partial charge in [-0.05, 0) is 25.3 Å². The van der Waals surface area contributed by atoms with Crippen LogP contribution in [0.15, 0.2) is 0 Å². The molecular formula is C13H27NS2. The maximum absolute atomic E-state index is 3.71. The fraction of sp³-hybridized carbons (Fsp3) is 1.00. The zero-order valence-corrected chi connectivity index (χ0v) is 12.8. The van der Waals surface area contributed by atoms with Gasteiger partial charge in [-0.25, -0.2) is 0 Å². The van der Waals surface area contributed by atoms with Gasteiger partial charge < -0.3 is 5.32 Å². The highest BCUT2D eigenvalue weighted by Crippen LogP contribution is 2.36. The van der Waals surface area contributed by atoms with Crippen molar-refractivity contribution in [3.05, 3.63) is 0 Å². The molecule has 0 bridgehead atoms. The van der Waals surface area contributed by atoms with Gasteiger partial charge in [0.15, 0.2) is 0 Å². The summed E-state index contributed by atoms with van der Waals surface area (Å²) in [6.45, 7) is 10.4. The van der Waals surface area contributed by atoms with Gasteiger partial charge in [-0.2, -0.15) is 23.5 Å². The summed E-state index contributed by atoms with van der Waals surface area (Å²) in [5.74, 6) is 3.49. The topological polar surface area (TPSA) is 12.0 Å². The second-order valence-corrected chi connectivity index (χ2v) is 7.58. The van der Waals surface area contributed by atoms with Gasteiger partial charge in [0.1, 0.15) is 0 Å². The Balaban J connectivity index is 2.58. The Kier molecular flexibility index (Phi) is 7.25. The average Bonchev–Trinajstić information content (AvgIpc) is 2.28. The quantitative estimate of drug-likeness (QED) is 0.784. The molecule has 0 aromatic carbocycles. The first-order valence-corrected chi connectivity index (χ1v) is 8.75. The van der Waals surface area contributed by atoms with Crippen LogP contribution < -0.4 is 5.32 Å². The van der Waals surface area contributed by atoms with Crippen LogP contribution in [0.25, 0.3) is 0 Å². The SMILES string of the molecule is CCNC(CC(C)C)C1SCCSC1CC. The van der Waals surface area contributed by atoms with Gasteiger partial charge in [-0.15, -0.1) is 0 Å². The van der Waals surface area contributed by atoms with Crippen LogP contribution >= 0.6 is 23.5 Å². The highest BCUT2D eigenvalue weighted by atomic mass is 32.2. The van der Waals surface area contributed by atoms with E-state index in [2.05, 4.69) is 56.5 Å². The van der Waals surface area contributed by atoms with Gasteiger partial charge in [0, 0.05) is 28.0 Å². The Labute approximate surface area is 110 Å². The van der Waals surface area contributed by atoms with E-state index in [0.717, 1.165) is 23.0 Å². The molecule has 3 unspecified atom stereocenters. The zero-order chi connectivity index (χ0) is 12.0. The van der Waals surface area contributed by atoms with Crippen LogP contribution in [0.1, 0.15) is 40.5 Å². The van der Waals surface area contributed by atoms with E-state index < -0.39 is 0 Å². The lowest BCUT2D eigenvalue weighted by atomic mass is 9.98. The lowest BCUT2D eigenvalue weighted by molar-refractivity contribution is 0.407. The van der Waals surface area contributed by atoms with Crippen LogP contribution in [0, 0.1) is 5.92 Å². The van der Waals surface area contributed by atoms with Gasteiger partial charge in [0.05, 0.1) is 0 Å². The predicted octanol–water partition coefficient (Wildman–Crippen LogP) is 3.64. The molecule has 1 heterocycles. The summed E-state index contributed by atoms with van der Waals surface area (Å²) in [5, 5.41) is 5.40. The molecule has 3 atom stereocenters. The first-order valence-electron chi connectivity index (χ1n) is 6.65. The number of thioether (sulfide) groups is 2. The molecule has 1 aliphatic heterocycles. The Bertz CT molecular complexity index is 185. The van der Waals surface area contributed by atoms with E-state index >= 15 is 0 Å². The monoisotopic (exact) mass is 261 g/mol. The molecule has 0 saturated carbocycles. The standard InChI is InChI=1S/C13H27NS2/c1-5-12-13(16-8-7-15-12)11(14-6-2)9-10(3)4/h10-14H,5-9H2,1-4H3. The smallest absolute Gasteiger partial charge is 0.0320 e. The van der Waals surface area contributed by atoms with E-state index in [0.29, 0.717) is 6.04 Å². The number of hydrogen-bond donors (Lipinski definition) is 1. The molecule has 0 aromatic heterocycles. The van der Waals surface area contributed by atoms with Crippen LogP contribution in [0.3, 0.4) is 0 Å². The third kappa shape index (κ3) is 4.50. The third-order valence-corrected chi connectivity index (χ3v) is 6.49. The highest BCUT2D eigenvalue weighted by molar-refractivity contribution is 8.07. The first-order chi connectivity index (χ1) is 7.69. The molecule has 1 aliphatic rings. The van der Waals surface area contributed by atoms with E-state index in [1.54, 1.807) is 0 Å². The summed E-state index contributed by atoms with van der Waals surface area (Å²) < 4.78 is 0. The van der Waals surface area contributed by atoms with Crippen molar-refractivity contribution in [1.29, 1.82) is 0 Å². The van der Waals surface area contributed by atoms with E-state index in [-0.39, 0.29) is 0 Å². The van der Waals surface area contributed by atoms with Gasteiger partial charge in [0.2, 0.25) is 0 Å². The van der Waals surface area contributed by atoms with E-state index in [4.69, 9.17) is 0 Å². The van der Waals surface area contributed by atoms with Crippen LogP contribution in [0.4, 0.5) is 0 Å². The van der Waals surface area contributed by atoms with Crippen molar-refractivity contribution in [2.24, 2.45) is 5.92 Å². The molecule has 1 rings (SSSR count). The van der Waals surface area contributed by atoms with Crippen molar-refractivity contribution in [2.75, 3.05) is 18.1 Å². The van der Waals surface area contributed by atoms with Crippen molar-refractivity contribution in [1.82, 2.24) is 5.32 Å². The number of rotatable bonds is 6. The highest BCUT2D eigenvalue weighted by Gasteiger charge is 2.31. The Morgan fingerprint density at radius 3 is 2.44 bits per heavy atom. The third-order valence-electron chi connectivity index (χ3n) is 3.08. The minimum Gasteiger partial charge on any atom is -0.313 e. The average molecular weight is 261 g/mol. The van der Waals surface area contributed by atoms with Gasteiger partial charge in [-0.1, -0.05) is 27.7 Å². The van der Waals surface area contributed by atoms with Gasteiger partial charge >= 0.3 is 0 Å². The molecule has 1 fully saturated rings. The summed E-state index contributed by atoms with van der Waals surface area (Å²) >= 11 is 4.39. The normalized spacial score (nSPS) is 28.3. The van der Waals surface area contributed by atoms with Crippen molar-refractivity contribution in [2.45, 2.75) is 57.1 Å². The van der Waals surface area contributed by atoms with Crippen LogP contribution in [-0.2, 0) is 0 Å². The molecule has 1 nitrogen and oxygen atoms in total.